The monoisotopic (exact) mass is 362 g/mol. The Balaban J connectivity index is 2.12. The molecule has 0 bridgehead atoms. The fourth-order valence-electron chi connectivity index (χ4n) is 2.72. The summed E-state index contributed by atoms with van der Waals surface area (Å²) in [6, 6.07) is 17.2. The molecule has 6 heteroatoms. The molecule has 5 nitrogen and oxygen atoms in total. The number of guanidine groups is 1. The smallest absolute Gasteiger partial charge is 0.216 e. The SMILES string of the molecule is CN(C=O)C(N)=NC(c1ccccc1)c1cc(F)cc(-c2cccnc2)c1. The van der Waals surface area contributed by atoms with Crippen molar-refractivity contribution in [1.29, 1.82) is 0 Å². The minimum atomic E-state index is -0.556. The van der Waals surface area contributed by atoms with E-state index in [4.69, 9.17) is 5.73 Å². The van der Waals surface area contributed by atoms with Crippen LogP contribution in [-0.2, 0) is 4.79 Å². The average molecular weight is 362 g/mol. The molecule has 27 heavy (non-hydrogen) atoms. The first-order valence-electron chi connectivity index (χ1n) is 8.35. The molecule has 0 radical (unpaired) electrons. The predicted octanol–water partition coefficient (Wildman–Crippen LogP) is 3.38. The first-order chi connectivity index (χ1) is 13.1. The number of amides is 1. The number of pyridine rings is 1. The first kappa shape index (κ1) is 18.3. The maximum atomic E-state index is 14.4. The van der Waals surface area contributed by atoms with E-state index in [1.165, 1.54) is 24.1 Å². The van der Waals surface area contributed by atoms with Gasteiger partial charge in [0.25, 0.3) is 0 Å². The molecule has 2 aromatic carbocycles. The Hall–Kier alpha value is -3.54. The molecule has 136 valence electrons. The molecular formula is C21H19FN4O. The van der Waals surface area contributed by atoms with Gasteiger partial charge in [-0.25, -0.2) is 9.38 Å². The lowest BCUT2D eigenvalue weighted by molar-refractivity contribution is -0.114. The molecule has 1 aromatic heterocycles. The number of rotatable bonds is 5. The Morgan fingerprint density at radius 1 is 1.11 bits per heavy atom. The van der Waals surface area contributed by atoms with Crippen molar-refractivity contribution in [3.63, 3.8) is 0 Å². The summed E-state index contributed by atoms with van der Waals surface area (Å²) in [6.07, 6.45) is 3.91. The van der Waals surface area contributed by atoms with Crippen LogP contribution in [0.3, 0.4) is 0 Å². The summed E-state index contributed by atoms with van der Waals surface area (Å²) in [5.41, 5.74) is 8.88. The fourth-order valence-corrected chi connectivity index (χ4v) is 2.72. The highest BCUT2D eigenvalue weighted by molar-refractivity contribution is 5.87. The maximum Gasteiger partial charge on any atom is 0.216 e. The molecule has 0 saturated heterocycles. The van der Waals surface area contributed by atoms with Crippen LogP contribution in [-0.4, -0.2) is 29.3 Å². The molecule has 2 N–H and O–H groups in total. The van der Waals surface area contributed by atoms with Gasteiger partial charge >= 0.3 is 0 Å². The molecule has 1 atom stereocenters. The summed E-state index contributed by atoms with van der Waals surface area (Å²) >= 11 is 0. The maximum absolute atomic E-state index is 14.4. The third-order valence-electron chi connectivity index (χ3n) is 4.13. The average Bonchev–Trinajstić information content (AvgIpc) is 2.72. The standard InChI is InChI=1S/C21H19FN4O/c1-26(14-27)21(23)25-20(15-6-3-2-4-7-15)18-10-17(11-19(22)12-18)16-8-5-9-24-13-16/h2-14,20H,1H3,(H2,23,25). The molecule has 0 fully saturated rings. The number of aliphatic imine (C=N–C) groups is 1. The number of nitrogens with two attached hydrogens (primary N) is 1. The lowest BCUT2D eigenvalue weighted by Gasteiger charge is -2.18. The molecule has 0 aliphatic carbocycles. The van der Waals surface area contributed by atoms with Crippen molar-refractivity contribution in [1.82, 2.24) is 9.88 Å². The number of halogens is 1. The molecule has 0 aliphatic heterocycles. The van der Waals surface area contributed by atoms with Gasteiger partial charge in [0.2, 0.25) is 6.41 Å². The number of carbonyl (C=O) groups excluding carboxylic acids is 1. The summed E-state index contributed by atoms with van der Waals surface area (Å²) in [4.78, 5) is 20.7. The van der Waals surface area contributed by atoms with Crippen molar-refractivity contribution < 1.29 is 9.18 Å². The number of aromatic nitrogens is 1. The van der Waals surface area contributed by atoms with Crippen molar-refractivity contribution in [3.8, 4) is 11.1 Å². The van der Waals surface area contributed by atoms with Gasteiger partial charge < -0.3 is 5.73 Å². The van der Waals surface area contributed by atoms with E-state index >= 15 is 0 Å². The van der Waals surface area contributed by atoms with Gasteiger partial charge in [-0.05, 0) is 41.0 Å². The second kappa shape index (κ2) is 8.23. The number of nitrogens with zero attached hydrogens (tertiary/aromatic N) is 3. The van der Waals surface area contributed by atoms with Crippen LogP contribution in [0.15, 0.2) is 78.0 Å². The summed E-state index contributed by atoms with van der Waals surface area (Å²) < 4.78 is 14.4. The minimum absolute atomic E-state index is 0.0473. The third kappa shape index (κ3) is 4.36. The first-order valence-corrected chi connectivity index (χ1v) is 8.35. The van der Waals surface area contributed by atoms with Crippen LogP contribution in [0.2, 0.25) is 0 Å². The topological polar surface area (TPSA) is 71.6 Å². The largest absolute Gasteiger partial charge is 0.369 e. The van der Waals surface area contributed by atoms with Gasteiger partial charge in [-0.2, -0.15) is 0 Å². The van der Waals surface area contributed by atoms with Crippen LogP contribution in [0.5, 0.6) is 0 Å². The zero-order chi connectivity index (χ0) is 19.2. The van der Waals surface area contributed by atoms with Crippen LogP contribution < -0.4 is 5.73 Å². The fraction of sp³-hybridized carbons (Fsp3) is 0.0952. The summed E-state index contributed by atoms with van der Waals surface area (Å²) in [7, 11) is 1.51. The Bertz CT molecular complexity index is 945. The lowest BCUT2D eigenvalue weighted by atomic mass is 9.95. The third-order valence-corrected chi connectivity index (χ3v) is 4.13. The van der Waals surface area contributed by atoms with Gasteiger partial charge in [0.05, 0.1) is 0 Å². The van der Waals surface area contributed by atoms with E-state index in [0.717, 1.165) is 11.1 Å². The van der Waals surface area contributed by atoms with E-state index in [-0.39, 0.29) is 11.8 Å². The molecule has 0 saturated carbocycles. The van der Waals surface area contributed by atoms with E-state index in [9.17, 15) is 9.18 Å². The zero-order valence-electron chi connectivity index (χ0n) is 14.8. The molecular weight excluding hydrogens is 343 g/mol. The van der Waals surface area contributed by atoms with Crippen LogP contribution in [0.4, 0.5) is 4.39 Å². The van der Waals surface area contributed by atoms with Gasteiger partial charge in [0, 0.05) is 25.0 Å². The summed E-state index contributed by atoms with van der Waals surface area (Å²) in [6.45, 7) is 0. The molecule has 3 aromatic rings. The van der Waals surface area contributed by atoms with E-state index in [1.54, 1.807) is 18.5 Å². The van der Waals surface area contributed by atoms with Gasteiger partial charge in [0.15, 0.2) is 5.96 Å². The Morgan fingerprint density at radius 2 is 1.89 bits per heavy atom. The molecule has 0 aliphatic rings. The van der Waals surface area contributed by atoms with Gasteiger partial charge in [-0.3, -0.25) is 14.7 Å². The van der Waals surface area contributed by atoms with Crippen molar-refractivity contribution in [2.45, 2.75) is 6.04 Å². The number of carbonyl (C=O) groups is 1. The summed E-state index contributed by atoms with van der Waals surface area (Å²) in [5.74, 6) is -0.337. The predicted molar refractivity (Wildman–Crippen MR) is 103 cm³/mol. The minimum Gasteiger partial charge on any atom is -0.369 e. The lowest BCUT2D eigenvalue weighted by Crippen LogP contribution is -2.33. The van der Waals surface area contributed by atoms with Crippen molar-refractivity contribution in [2.24, 2.45) is 10.7 Å². The van der Waals surface area contributed by atoms with Gasteiger partial charge in [0.1, 0.15) is 11.9 Å². The number of hydrogen-bond donors (Lipinski definition) is 1. The number of hydrogen-bond acceptors (Lipinski definition) is 3. The molecule has 0 spiro atoms. The second-order valence-corrected chi connectivity index (χ2v) is 6.03. The van der Waals surface area contributed by atoms with Crippen LogP contribution in [0.1, 0.15) is 17.2 Å². The molecule has 3 rings (SSSR count). The molecule has 1 unspecified atom stereocenters. The second-order valence-electron chi connectivity index (χ2n) is 6.03. The molecule has 1 heterocycles. The Labute approximate surface area is 157 Å². The molecule has 1 amide bonds. The van der Waals surface area contributed by atoms with Crippen molar-refractivity contribution in [2.75, 3.05) is 7.05 Å². The van der Waals surface area contributed by atoms with Crippen LogP contribution in [0, 0.1) is 5.82 Å². The normalized spacial score (nSPS) is 12.4. The van der Waals surface area contributed by atoms with E-state index in [1.807, 2.05) is 42.5 Å². The highest BCUT2D eigenvalue weighted by Crippen LogP contribution is 2.30. The quantitative estimate of drug-likeness (QED) is 0.430. The highest BCUT2D eigenvalue weighted by atomic mass is 19.1. The zero-order valence-corrected chi connectivity index (χ0v) is 14.8. The Kier molecular flexibility index (Phi) is 5.56. The Morgan fingerprint density at radius 3 is 2.56 bits per heavy atom. The van der Waals surface area contributed by atoms with Gasteiger partial charge in [-0.15, -0.1) is 0 Å². The van der Waals surface area contributed by atoms with E-state index < -0.39 is 6.04 Å². The van der Waals surface area contributed by atoms with E-state index in [2.05, 4.69) is 9.98 Å². The summed E-state index contributed by atoms with van der Waals surface area (Å²) in [5, 5.41) is 0. The van der Waals surface area contributed by atoms with Crippen LogP contribution in [0.25, 0.3) is 11.1 Å². The van der Waals surface area contributed by atoms with Gasteiger partial charge in [-0.1, -0.05) is 36.4 Å². The highest BCUT2D eigenvalue weighted by Gasteiger charge is 2.17. The van der Waals surface area contributed by atoms with Crippen molar-refractivity contribution in [3.05, 3.63) is 90.0 Å². The van der Waals surface area contributed by atoms with Crippen molar-refractivity contribution >= 4 is 12.4 Å². The number of benzene rings is 2. The van der Waals surface area contributed by atoms with E-state index in [0.29, 0.717) is 17.5 Å². The van der Waals surface area contributed by atoms with Crippen LogP contribution >= 0.6 is 0 Å².